The van der Waals surface area contributed by atoms with Crippen molar-refractivity contribution in [3.05, 3.63) is 0 Å². The number of carbonyl (C=O) groups excluding carboxylic acids is 1. The molecule has 1 N–H and O–H groups in total. The normalized spacial score (nSPS) is 48.0. The number of aliphatic hydroxyl groups excluding tert-OH is 1. The molecule has 4 heteroatoms. The fourth-order valence-electron chi connectivity index (χ4n) is 9.56. The second kappa shape index (κ2) is 9.41. The molecule has 0 bridgehead atoms. The van der Waals surface area contributed by atoms with Gasteiger partial charge >= 0.3 is 5.97 Å². The number of rotatable bonds is 6. The summed E-state index contributed by atoms with van der Waals surface area (Å²) in [6.07, 6.45) is 12.6. The van der Waals surface area contributed by atoms with Crippen LogP contribution >= 0.6 is 15.9 Å². The third-order valence-corrected chi connectivity index (χ3v) is 13.0. The summed E-state index contributed by atoms with van der Waals surface area (Å²) in [5.41, 5.74) is 0.504. The van der Waals surface area contributed by atoms with Gasteiger partial charge in [0.1, 0.15) is 6.10 Å². The minimum atomic E-state index is -0.369. The third-order valence-electron chi connectivity index (χ3n) is 11.3. The molecule has 0 spiro atoms. The van der Waals surface area contributed by atoms with Crippen LogP contribution in [-0.2, 0) is 9.53 Å². The molecule has 4 aliphatic carbocycles. The summed E-state index contributed by atoms with van der Waals surface area (Å²) in [7, 11) is 0. The Labute approximate surface area is 211 Å². The molecule has 0 aromatic rings. The van der Waals surface area contributed by atoms with Gasteiger partial charge < -0.3 is 9.84 Å². The Kier molecular flexibility index (Phi) is 7.41. The minimum absolute atomic E-state index is 0.0638. The van der Waals surface area contributed by atoms with Crippen molar-refractivity contribution in [3.8, 4) is 0 Å². The summed E-state index contributed by atoms with van der Waals surface area (Å²) < 4.78 is 5.29. The van der Waals surface area contributed by atoms with E-state index < -0.39 is 0 Å². The molecule has 33 heavy (non-hydrogen) atoms. The molecule has 0 saturated heterocycles. The number of esters is 1. The van der Waals surface area contributed by atoms with Crippen molar-refractivity contribution in [2.75, 3.05) is 0 Å². The van der Waals surface area contributed by atoms with Gasteiger partial charge in [0.05, 0.1) is 10.4 Å². The number of alkyl halides is 1. The van der Waals surface area contributed by atoms with E-state index in [0.717, 1.165) is 49.4 Å². The highest BCUT2D eigenvalue weighted by atomic mass is 79.9. The van der Waals surface area contributed by atoms with Crippen molar-refractivity contribution >= 4 is 21.9 Å². The summed E-state index contributed by atoms with van der Waals surface area (Å²) in [4.78, 5) is 11.6. The molecule has 0 aromatic carbocycles. The summed E-state index contributed by atoms with van der Waals surface area (Å²) in [6, 6.07) is 0. The quantitative estimate of drug-likeness (QED) is 0.288. The van der Waals surface area contributed by atoms with Crippen LogP contribution in [0.4, 0.5) is 0 Å². The van der Waals surface area contributed by atoms with E-state index in [9.17, 15) is 9.90 Å². The maximum Gasteiger partial charge on any atom is 0.302 e. The van der Waals surface area contributed by atoms with Gasteiger partial charge in [-0.25, -0.2) is 0 Å². The van der Waals surface area contributed by atoms with E-state index in [4.69, 9.17) is 4.74 Å². The average Bonchev–Trinajstić information content (AvgIpc) is 3.07. The van der Waals surface area contributed by atoms with Crippen molar-refractivity contribution < 1.29 is 14.6 Å². The van der Waals surface area contributed by atoms with Crippen molar-refractivity contribution in [1.82, 2.24) is 0 Å². The first-order valence-electron chi connectivity index (χ1n) is 14.0. The maximum absolute atomic E-state index is 11.6. The molecular formula is C29H49BrO3. The van der Waals surface area contributed by atoms with Crippen LogP contribution in [0.3, 0.4) is 0 Å². The van der Waals surface area contributed by atoms with E-state index in [2.05, 4.69) is 50.5 Å². The van der Waals surface area contributed by atoms with Gasteiger partial charge in [0.2, 0.25) is 0 Å². The van der Waals surface area contributed by atoms with Gasteiger partial charge in [-0.1, -0.05) is 69.8 Å². The Morgan fingerprint density at radius 3 is 2.45 bits per heavy atom. The fourth-order valence-corrected chi connectivity index (χ4v) is 10.6. The zero-order valence-electron chi connectivity index (χ0n) is 22.0. The second-order valence-electron chi connectivity index (χ2n) is 13.4. The van der Waals surface area contributed by atoms with Gasteiger partial charge in [0.15, 0.2) is 0 Å². The van der Waals surface area contributed by atoms with Gasteiger partial charge in [-0.05, 0) is 91.3 Å². The summed E-state index contributed by atoms with van der Waals surface area (Å²) in [5.74, 6) is 4.31. The van der Waals surface area contributed by atoms with E-state index in [1.807, 2.05) is 0 Å². The molecule has 4 fully saturated rings. The van der Waals surface area contributed by atoms with E-state index in [0.29, 0.717) is 17.3 Å². The second-order valence-corrected chi connectivity index (χ2v) is 14.8. The Hall–Kier alpha value is -0.0900. The molecule has 0 heterocycles. The van der Waals surface area contributed by atoms with Crippen LogP contribution in [0.25, 0.3) is 0 Å². The topological polar surface area (TPSA) is 46.5 Å². The third kappa shape index (κ3) is 4.36. The monoisotopic (exact) mass is 524 g/mol. The Balaban J connectivity index is 1.51. The molecule has 4 rings (SSSR count). The van der Waals surface area contributed by atoms with Crippen LogP contribution < -0.4 is 0 Å². The summed E-state index contributed by atoms with van der Waals surface area (Å²) in [6.45, 7) is 13.8. The van der Waals surface area contributed by atoms with E-state index in [1.54, 1.807) is 0 Å². The summed E-state index contributed by atoms with van der Waals surface area (Å²) in [5, 5.41) is 11.6. The van der Waals surface area contributed by atoms with Crippen LogP contribution in [0, 0.1) is 46.3 Å². The van der Waals surface area contributed by atoms with Crippen LogP contribution in [0.15, 0.2) is 0 Å². The highest BCUT2D eigenvalue weighted by molar-refractivity contribution is 9.10. The lowest BCUT2D eigenvalue weighted by Crippen LogP contribution is -2.66. The molecule has 10 atom stereocenters. The van der Waals surface area contributed by atoms with Crippen molar-refractivity contribution in [2.45, 2.75) is 129 Å². The molecule has 8 unspecified atom stereocenters. The number of halogens is 1. The van der Waals surface area contributed by atoms with Gasteiger partial charge in [-0.2, -0.15) is 0 Å². The van der Waals surface area contributed by atoms with Crippen LogP contribution in [0.2, 0.25) is 0 Å². The van der Waals surface area contributed by atoms with E-state index in [1.165, 1.54) is 51.9 Å². The predicted molar refractivity (Wildman–Crippen MR) is 138 cm³/mol. The van der Waals surface area contributed by atoms with Gasteiger partial charge in [-0.15, -0.1) is 0 Å². The standard InChI is InChI=1S/C29H49BrO3/c1-18(2)8-7-9-19(3)23-10-11-24-22-16-26(32)29(30)17-21(33-20(4)31)12-15-28(29,6)25(22)13-14-27(23,24)5/h18-19,21-26,32H,7-17H2,1-6H3/t19-,21?,22?,23?,24?,25?,26?,27?,28?,29+/m1/s1. The average molecular weight is 526 g/mol. The SMILES string of the molecule is CC(=O)OC1CCC2(C)C3CCC4(C)C(CCC4[C@H](C)CCCC(C)C)C3CC(O)[C@@]2(Br)C1. The largest absolute Gasteiger partial charge is 0.463 e. The number of hydrogen-bond acceptors (Lipinski definition) is 3. The van der Waals surface area contributed by atoms with Crippen LogP contribution in [0.5, 0.6) is 0 Å². The van der Waals surface area contributed by atoms with Crippen LogP contribution in [-0.4, -0.2) is 27.6 Å². The Bertz CT molecular complexity index is 724. The van der Waals surface area contributed by atoms with E-state index in [-0.39, 0.29) is 27.9 Å². The number of ether oxygens (including phenoxy) is 1. The van der Waals surface area contributed by atoms with Crippen molar-refractivity contribution in [2.24, 2.45) is 46.3 Å². The molecule has 0 aromatic heterocycles. The molecule has 0 aliphatic heterocycles. The maximum atomic E-state index is 11.6. The Morgan fingerprint density at radius 2 is 1.79 bits per heavy atom. The first-order chi connectivity index (χ1) is 15.4. The number of carbonyl (C=O) groups is 1. The van der Waals surface area contributed by atoms with Gasteiger partial charge in [0, 0.05) is 13.3 Å². The number of fused-ring (bicyclic) bond motifs is 5. The first kappa shape index (κ1) is 26.0. The lowest BCUT2D eigenvalue weighted by atomic mass is 9.43. The lowest BCUT2D eigenvalue weighted by Gasteiger charge is -2.65. The first-order valence-corrected chi connectivity index (χ1v) is 14.8. The molecule has 3 nitrogen and oxygen atoms in total. The summed E-state index contributed by atoms with van der Waals surface area (Å²) >= 11 is 4.11. The van der Waals surface area contributed by atoms with E-state index >= 15 is 0 Å². The molecule has 190 valence electrons. The molecular weight excluding hydrogens is 476 g/mol. The predicted octanol–water partition coefficient (Wildman–Crippen LogP) is 7.53. The highest BCUT2D eigenvalue weighted by Gasteiger charge is 2.67. The highest BCUT2D eigenvalue weighted by Crippen LogP contribution is 2.70. The molecule has 4 saturated carbocycles. The lowest BCUT2D eigenvalue weighted by molar-refractivity contribution is -0.170. The Morgan fingerprint density at radius 1 is 1.06 bits per heavy atom. The van der Waals surface area contributed by atoms with Crippen molar-refractivity contribution in [1.29, 1.82) is 0 Å². The minimum Gasteiger partial charge on any atom is -0.463 e. The van der Waals surface area contributed by atoms with Crippen LogP contribution in [0.1, 0.15) is 112 Å². The zero-order valence-corrected chi connectivity index (χ0v) is 23.6. The number of aliphatic hydroxyl groups is 1. The zero-order chi connectivity index (χ0) is 24.2. The number of hydrogen-bond donors (Lipinski definition) is 1. The molecule has 0 radical (unpaired) electrons. The molecule has 0 amide bonds. The fraction of sp³-hybridized carbons (Fsp3) is 0.966. The van der Waals surface area contributed by atoms with Gasteiger partial charge in [0.25, 0.3) is 0 Å². The smallest absolute Gasteiger partial charge is 0.302 e. The molecule has 4 aliphatic rings. The van der Waals surface area contributed by atoms with Gasteiger partial charge in [-0.3, -0.25) is 4.79 Å². The van der Waals surface area contributed by atoms with Crippen molar-refractivity contribution in [3.63, 3.8) is 0 Å².